The van der Waals surface area contributed by atoms with Crippen molar-refractivity contribution in [2.24, 2.45) is 0 Å². The highest BCUT2D eigenvalue weighted by Gasteiger charge is 2.14. The standard InChI is InChI=1S/C20H26N2O2/c1-16(14-20(24)22-19-10-6-3-7-11-19)21-15-18(12-13-23)17-8-4-2-5-9-17/h2-11,16,18,21,23H,12-15H2,1H3,(H,22,24). The molecule has 0 bridgehead atoms. The van der Waals surface area contributed by atoms with Crippen molar-refractivity contribution in [1.82, 2.24) is 5.32 Å². The van der Waals surface area contributed by atoms with Gasteiger partial charge in [0.05, 0.1) is 0 Å². The molecule has 0 saturated heterocycles. The highest BCUT2D eigenvalue weighted by molar-refractivity contribution is 5.90. The Morgan fingerprint density at radius 1 is 1.04 bits per heavy atom. The Balaban J connectivity index is 1.80. The molecule has 2 unspecified atom stereocenters. The number of carbonyl (C=O) groups excluding carboxylic acids is 1. The molecule has 128 valence electrons. The van der Waals surface area contributed by atoms with E-state index < -0.39 is 0 Å². The zero-order valence-electron chi connectivity index (χ0n) is 14.1. The van der Waals surface area contributed by atoms with Gasteiger partial charge in [-0.25, -0.2) is 0 Å². The van der Waals surface area contributed by atoms with Crippen LogP contribution in [0.1, 0.15) is 31.2 Å². The monoisotopic (exact) mass is 326 g/mol. The molecule has 24 heavy (non-hydrogen) atoms. The van der Waals surface area contributed by atoms with Gasteiger partial charge in [0.15, 0.2) is 0 Å². The van der Waals surface area contributed by atoms with Gasteiger partial charge in [0, 0.05) is 31.3 Å². The third kappa shape index (κ3) is 6.14. The Kier molecular flexibility index (Phi) is 7.46. The molecule has 0 aromatic heterocycles. The Morgan fingerprint density at radius 3 is 2.29 bits per heavy atom. The minimum Gasteiger partial charge on any atom is -0.396 e. The number of rotatable bonds is 9. The molecule has 0 aliphatic carbocycles. The second-order valence-electron chi connectivity index (χ2n) is 6.05. The first-order chi connectivity index (χ1) is 11.7. The van der Waals surface area contributed by atoms with Gasteiger partial charge >= 0.3 is 0 Å². The largest absolute Gasteiger partial charge is 0.396 e. The van der Waals surface area contributed by atoms with Crippen LogP contribution in [0.25, 0.3) is 0 Å². The van der Waals surface area contributed by atoms with E-state index in [1.165, 1.54) is 5.56 Å². The summed E-state index contributed by atoms with van der Waals surface area (Å²) in [7, 11) is 0. The van der Waals surface area contributed by atoms with Gasteiger partial charge in [0.2, 0.25) is 5.91 Å². The van der Waals surface area contributed by atoms with Crippen molar-refractivity contribution in [3.8, 4) is 0 Å². The van der Waals surface area contributed by atoms with E-state index in [9.17, 15) is 9.90 Å². The molecule has 2 atom stereocenters. The second kappa shape index (κ2) is 9.85. The van der Waals surface area contributed by atoms with Crippen molar-refractivity contribution in [3.63, 3.8) is 0 Å². The molecule has 2 aromatic carbocycles. The Morgan fingerprint density at radius 2 is 1.67 bits per heavy atom. The van der Waals surface area contributed by atoms with Crippen molar-refractivity contribution in [3.05, 3.63) is 66.2 Å². The quantitative estimate of drug-likeness (QED) is 0.663. The van der Waals surface area contributed by atoms with Crippen LogP contribution in [-0.2, 0) is 4.79 Å². The van der Waals surface area contributed by atoms with Gasteiger partial charge in [0.25, 0.3) is 0 Å². The van der Waals surface area contributed by atoms with Crippen molar-refractivity contribution < 1.29 is 9.90 Å². The first-order valence-electron chi connectivity index (χ1n) is 8.43. The number of anilines is 1. The predicted molar refractivity (Wildman–Crippen MR) is 98.0 cm³/mol. The van der Waals surface area contributed by atoms with Gasteiger partial charge < -0.3 is 15.7 Å². The molecule has 0 radical (unpaired) electrons. The molecule has 2 rings (SSSR count). The number of nitrogens with one attached hydrogen (secondary N) is 2. The molecular formula is C20H26N2O2. The summed E-state index contributed by atoms with van der Waals surface area (Å²) in [5.74, 6) is 0.246. The lowest BCUT2D eigenvalue weighted by molar-refractivity contribution is -0.116. The number of carbonyl (C=O) groups is 1. The van der Waals surface area contributed by atoms with Gasteiger partial charge in [-0.1, -0.05) is 48.5 Å². The van der Waals surface area contributed by atoms with Crippen LogP contribution in [0.5, 0.6) is 0 Å². The average molecular weight is 326 g/mol. The van der Waals surface area contributed by atoms with E-state index >= 15 is 0 Å². The van der Waals surface area contributed by atoms with Gasteiger partial charge in [0.1, 0.15) is 0 Å². The van der Waals surface area contributed by atoms with Crippen LogP contribution in [-0.4, -0.2) is 30.2 Å². The molecule has 3 N–H and O–H groups in total. The third-order valence-electron chi connectivity index (χ3n) is 4.01. The summed E-state index contributed by atoms with van der Waals surface area (Å²) in [4.78, 5) is 12.1. The van der Waals surface area contributed by atoms with Crippen LogP contribution >= 0.6 is 0 Å². The number of para-hydroxylation sites is 1. The van der Waals surface area contributed by atoms with E-state index in [0.29, 0.717) is 12.8 Å². The molecule has 0 fully saturated rings. The predicted octanol–water partition coefficient (Wildman–Crippen LogP) is 3.16. The summed E-state index contributed by atoms with van der Waals surface area (Å²) < 4.78 is 0. The lowest BCUT2D eigenvalue weighted by atomic mass is 9.95. The molecule has 0 aliphatic rings. The number of benzene rings is 2. The Hall–Kier alpha value is -2.17. The molecular weight excluding hydrogens is 300 g/mol. The smallest absolute Gasteiger partial charge is 0.225 e. The van der Waals surface area contributed by atoms with E-state index in [4.69, 9.17) is 0 Å². The molecule has 4 heteroatoms. The number of aliphatic hydroxyl groups is 1. The van der Waals surface area contributed by atoms with E-state index in [2.05, 4.69) is 22.8 Å². The normalized spacial score (nSPS) is 13.2. The second-order valence-corrected chi connectivity index (χ2v) is 6.05. The van der Waals surface area contributed by atoms with Crippen LogP contribution in [0, 0.1) is 0 Å². The van der Waals surface area contributed by atoms with Crippen molar-refractivity contribution in [2.75, 3.05) is 18.5 Å². The van der Waals surface area contributed by atoms with Crippen LogP contribution in [0.3, 0.4) is 0 Å². The lowest BCUT2D eigenvalue weighted by Gasteiger charge is -2.20. The summed E-state index contributed by atoms with van der Waals surface area (Å²) in [5.41, 5.74) is 2.03. The third-order valence-corrected chi connectivity index (χ3v) is 4.01. The average Bonchev–Trinajstić information content (AvgIpc) is 2.60. The topological polar surface area (TPSA) is 61.4 Å². The number of hydrogen-bond acceptors (Lipinski definition) is 3. The fraction of sp³-hybridized carbons (Fsp3) is 0.350. The molecule has 0 spiro atoms. The molecule has 2 aromatic rings. The van der Waals surface area contributed by atoms with Crippen LogP contribution in [0.2, 0.25) is 0 Å². The highest BCUT2D eigenvalue weighted by atomic mass is 16.3. The van der Waals surface area contributed by atoms with Gasteiger partial charge in [-0.2, -0.15) is 0 Å². The molecule has 0 aliphatic heterocycles. The summed E-state index contributed by atoms with van der Waals surface area (Å²) in [6.45, 7) is 2.90. The van der Waals surface area contributed by atoms with Crippen molar-refractivity contribution in [2.45, 2.75) is 31.7 Å². The first kappa shape index (κ1) is 18.2. The van der Waals surface area contributed by atoms with E-state index in [1.54, 1.807) is 0 Å². The summed E-state index contributed by atoms with van der Waals surface area (Å²) in [5, 5.41) is 15.6. The summed E-state index contributed by atoms with van der Waals surface area (Å²) in [6.07, 6.45) is 1.12. The number of hydrogen-bond donors (Lipinski definition) is 3. The van der Waals surface area contributed by atoms with Gasteiger partial charge in [-0.15, -0.1) is 0 Å². The molecule has 0 heterocycles. The molecule has 4 nitrogen and oxygen atoms in total. The minimum atomic E-state index is -0.000352. The van der Waals surface area contributed by atoms with Crippen LogP contribution in [0.4, 0.5) is 5.69 Å². The number of aliphatic hydroxyl groups excluding tert-OH is 1. The maximum absolute atomic E-state index is 12.1. The van der Waals surface area contributed by atoms with E-state index in [-0.39, 0.29) is 24.5 Å². The van der Waals surface area contributed by atoms with E-state index in [0.717, 1.165) is 12.2 Å². The van der Waals surface area contributed by atoms with Crippen LogP contribution in [0.15, 0.2) is 60.7 Å². The minimum absolute atomic E-state index is 0.000352. The fourth-order valence-electron chi connectivity index (χ4n) is 2.69. The molecule has 1 amide bonds. The van der Waals surface area contributed by atoms with Gasteiger partial charge in [-0.05, 0) is 37.0 Å². The van der Waals surface area contributed by atoms with E-state index in [1.807, 2.05) is 55.5 Å². The SMILES string of the molecule is CC(CC(=O)Nc1ccccc1)NCC(CCO)c1ccccc1. The maximum atomic E-state index is 12.1. The fourth-order valence-corrected chi connectivity index (χ4v) is 2.69. The van der Waals surface area contributed by atoms with Gasteiger partial charge in [-0.3, -0.25) is 4.79 Å². The molecule has 0 saturated carbocycles. The van der Waals surface area contributed by atoms with Crippen molar-refractivity contribution in [1.29, 1.82) is 0 Å². The maximum Gasteiger partial charge on any atom is 0.225 e. The first-order valence-corrected chi connectivity index (χ1v) is 8.43. The van der Waals surface area contributed by atoms with Crippen molar-refractivity contribution >= 4 is 11.6 Å². The Bertz CT molecular complexity index is 602. The zero-order chi connectivity index (χ0) is 17.2. The summed E-state index contributed by atoms with van der Waals surface area (Å²) in [6, 6.07) is 19.7. The summed E-state index contributed by atoms with van der Waals surface area (Å²) >= 11 is 0. The Labute approximate surface area is 143 Å². The zero-order valence-corrected chi connectivity index (χ0v) is 14.1. The highest BCUT2D eigenvalue weighted by Crippen LogP contribution is 2.18. The van der Waals surface area contributed by atoms with Crippen LogP contribution < -0.4 is 10.6 Å². The number of amides is 1. The lowest BCUT2D eigenvalue weighted by Crippen LogP contribution is -2.34.